The van der Waals surface area contributed by atoms with Crippen LogP contribution in [0.25, 0.3) is 0 Å². The Morgan fingerprint density at radius 1 is 0.782 bits per heavy atom. The normalized spacial score (nSPS) is 40.4. The highest BCUT2D eigenvalue weighted by atomic mass is 16.5. The van der Waals surface area contributed by atoms with Gasteiger partial charge < -0.3 is 19.7 Å². The van der Waals surface area contributed by atoms with E-state index in [-0.39, 0.29) is 56.9 Å². The monoisotopic (exact) mass is 765 g/mol. The highest BCUT2D eigenvalue weighted by molar-refractivity contribution is 5.84. The highest BCUT2D eigenvalue weighted by Gasteiger charge is 2.72. The lowest BCUT2D eigenvalue weighted by Gasteiger charge is -2.72. The number of hydrogen-bond donors (Lipinski definition) is 1. The van der Waals surface area contributed by atoms with Gasteiger partial charge >= 0.3 is 11.9 Å². The zero-order chi connectivity index (χ0) is 40.0. The number of allylic oxidation sites excluding steroid dienone is 1. The largest absolute Gasteiger partial charge is 0.469 e. The predicted octanol–water partition coefficient (Wildman–Crippen LogP) is 9.44. The van der Waals surface area contributed by atoms with E-state index in [9.17, 15) is 19.2 Å². The third kappa shape index (κ3) is 7.34. The standard InChI is InChI=1S/C47H76N2O6/c1-31(2)34-20-25-47(42(53)48-28-14-12-10-11-13-17-39(51)49-29-15-16-33(30-49)41(52)54-9)27-26-45(7)35(40(34)47)18-19-37-44(6)23-22-38(55-32(3)50)43(4,5)36(44)21-24-46(37,45)8/h33-38,40H,1,10-30H2,2-9H3,(H,48,53)/t33?,34-,35+,36-,37+,38-,40+,44-,45+,46+,47-/m0/s1. The summed E-state index contributed by atoms with van der Waals surface area (Å²) in [6.07, 6.45) is 18.2. The highest BCUT2D eigenvalue weighted by Crippen LogP contribution is 2.77. The van der Waals surface area contributed by atoms with Crippen LogP contribution in [0.5, 0.6) is 0 Å². The fraction of sp³-hybridized carbons (Fsp3) is 0.872. The molecule has 0 aromatic rings. The van der Waals surface area contributed by atoms with Crippen molar-refractivity contribution in [1.82, 2.24) is 10.2 Å². The molecule has 11 atom stereocenters. The smallest absolute Gasteiger partial charge is 0.310 e. The number of rotatable bonds is 12. The lowest BCUT2D eigenvalue weighted by Crippen LogP contribution is -2.67. The third-order valence-corrected chi connectivity index (χ3v) is 17.9. The van der Waals surface area contributed by atoms with Crippen LogP contribution in [0.3, 0.4) is 0 Å². The van der Waals surface area contributed by atoms with E-state index in [0.717, 1.165) is 96.6 Å². The van der Waals surface area contributed by atoms with E-state index >= 15 is 0 Å². The van der Waals surface area contributed by atoms with Crippen molar-refractivity contribution in [3.63, 3.8) is 0 Å². The molecule has 5 aliphatic carbocycles. The lowest BCUT2D eigenvalue weighted by molar-refractivity contribution is -0.248. The minimum atomic E-state index is -0.302. The van der Waals surface area contributed by atoms with Crippen molar-refractivity contribution in [1.29, 1.82) is 0 Å². The first-order valence-electron chi connectivity index (χ1n) is 22.4. The van der Waals surface area contributed by atoms with Crippen LogP contribution in [0.2, 0.25) is 0 Å². The van der Waals surface area contributed by atoms with Crippen molar-refractivity contribution in [2.75, 3.05) is 26.7 Å². The van der Waals surface area contributed by atoms with Crippen LogP contribution in [-0.4, -0.2) is 61.5 Å². The number of amides is 2. The number of esters is 2. The molecular formula is C47H76N2O6. The van der Waals surface area contributed by atoms with E-state index in [2.05, 4.69) is 53.4 Å². The van der Waals surface area contributed by atoms with E-state index in [1.165, 1.54) is 38.4 Å². The van der Waals surface area contributed by atoms with Gasteiger partial charge in [0.05, 0.1) is 18.4 Å². The SMILES string of the molecule is C=C(C)[C@@H]1CC[C@]2(C(=O)NCCCCCCCC(=O)N3CCCC(C(=O)OC)C3)CC[C@]3(C)[C@H](CC[C@@H]4[C@@]5(C)CC[C@H](OC(C)=O)C(C)(C)[C@@H]5CC[C@]43C)[C@@H]12. The molecule has 0 radical (unpaired) electrons. The molecule has 1 saturated heterocycles. The molecular weight excluding hydrogens is 689 g/mol. The molecule has 8 nitrogen and oxygen atoms in total. The van der Waals surface area contributed by atoms with Gasteiger partial charge in [0.1, 0.15) is 6.10 Å². The summed E-state index contributed by atoms with van der Waals surface area (Å²) in [5, 5.41) is 3.48. The zero-order valence-corrected chi connectivity index (χ0v) is 36.0. The first-order chi connectivity index (χ1) is 26.0. The molecule has 8 heteroatoms. The van der Waals surface area contributed by atoms with Crippen LogP contribution < -0.4 is 5.32 Å². The third-order valence-electron chi connectivity index (χ3n) is 17.9. The Hall–Kier alpha value is -2.38. The molecule has 5 saturated carbocycles. The quantitative estimate of drug-likeness (QED) is 0.121. The maximum Gasteiger partial charge on any atom is 0.310 e. The number of nitrogens with one attached hydrogen (secondary N) is 1. The second-order valence-corrected chi connectivity index (χ2v) is 20.8. The van der Waals surface area contributed by atoms with Gasteiger partial charge in [-0.1, -0.05) is 66.0 Å². The molecule has 0 aromatic carbocycles. The van der Waals surface area contributed by atoms with Crippen molar-refractivity contribution < 1.29 is 28.7 Å². The number of likely N-dealkylation sites (tertiary alicyclic amines) is 1. The summed E-state index contributed by atoms with van der Waals surface area (Å²) in [7, 11) is 1.42. The molecule has 1 aliphatic heterocycles. The summed E-state index contributed by atoms with van der Waals surface area (Å²) in [5.41, 5.74) is 1.52. The molecule has 55 heavy (non-hydrogen) atoms. The molecule has 1 unspecified atom stereocenters. The Morgan fingerprint density at radius 3 is 2.22 bits per heavy atom. The van der Waals surface area contributed by atoms with Crippen molar-refractivity contribution >= 4 is 23.8 Å². The van der Waals surface area contributed by atoms with E-state index in [0.29, 0.717) is 48.5 Å². The molecule has 6 rings (SSSR count). The van der Waals surface area contributed by atoms with Crippen LogP contribution >= 0.6 is 0 Å². The van der Waals surface area contributed by atoms with Crippen LogP contribution in [0.4, 0.5) is 0 Å². The summed E-state index contributed by atoms with van der Waals surface area (Å²) in [5.74, 6) is 2.33. The molecule has 0 aromatic heterocycles. The summed E-state index contributed by atoms with van der Waals surface area (Å²) >= 11 is 0. The van der Waals surface area contributed by atoms with Crippen molar-refractivity contribution in [3.05, 3.63) is 12.2 Å². The Balaban J connectivity index is 1.05. The van der Waals surface area contributed by atoms with Crippen molar-refractivity contribution in [2.24, 2.45) is 62.6 Å². The fourth-order valence-electron chi connectivity index (χ4n) is 15.0. The molecule has 0 bridgehead atoms. The van der Waals surface area contributed by atoms with E-state index in [1.54, 1.807) is 6.92 Å². The topological polar surface area (TPSA) is 102 Å². The fourth-order valence-corrected chi connectivity index (χ4v) is 15.0. The van der Waals surface area contributed by atoms with Gasteiger partial charge in [-0.25, -0.2) is 0 Å². The lowest BCUT2D eigenvalue weighted by atomic mass is 9.32. The van der Waals surface area contributed by atoms with Crippen molar-refractivity contribution in [3.8, 4) is 0 Å². The van der Waals surface area contributed by atoms with Crippen LogP contribution in [0, 0.1) is 62.6 Å². The molecule has 0 spiro atoms. The number of methoxy groups -OCH3 is 1. The van der Waals surface area contributed by atoms with Gasteiger partial charge in [-0.05, 0) is 143 Å². The predicted molar refractivity (Wildman–Crippen MR) is 217 cm³/mol. The Morgan fingerprint density at radius 2 is 1.51 bits per heavy atom. The van der Waals surface area contributed by atoms with Gasteiger partial charge in [0.2, 0.25) is 11.8 Å². The van der Waals surface area contributed by atoms with Gasteiger partial charge in [-0.15, -0.1) is 0 Å². The van der Waals surface area contributed by atoms with Gasteiger partial charge in [0, 0.05) is 38.4 Å². The number of hydrogen-bond acceptors (Lipinski definition) is 6. The minimum Gasteiger partial charge on any atom is -0.469 e. The second-order valence-electron chi connectivity index (χ2n) is 20.8. The van der Waals surface area contributed by atoms with E-state index in [4.69, 9.17) is 9.47 Å². The van der Waals surface area contributed by atoms with E-state index in [1.807, 2.05) is 4.90 Å². The van der Waals surface area contributed by atoms with Gasteiger partial charge in [-0.3, -0.25) is 19.2 Å². The van der Waals surface area contributed by atoms with Gasteiger partial charge in [0.15, 0.2) is 0 Å². The van der Waals surface area contributed by atoms with Gasteiger partial charge in [0.25, 0.3) is 0 Å². The summed E-state index contributed by atoms with van der Waals surface area (Å²) in [6, 6.07) is 0. The Kier molecular flexibility index (Phi) is 12.4. The van der Waals surface area contributed by atoms with Crippen molar-refractivity contribution in [2.45, 2.75) is 170 Å². The number of carbonyl (C=O) groups is 4. The van der Waals surface area contributed by atoms with E-state index < -0.39 is 0 Å². The number of piperidine rings is 1. The molecule has 1 N–H and O–H groups in total. The van der Waals surface area contributed by atoms with Gasteiger partial charge in [-0.2, -0.15) is 0 Å². The molecule has 6 aliphatic rings. The van der Waals surface area contributed by atoms with Crippen LogP contribution in [-0.2, 0) is 28.7 Å². The molecule has 1 heterocycles. The van der Waals surface area contributed by atoms with Crippen LogP contribution in [0.1, 0.15) is 164 Å². The Bertz CT molecular complexity index is 1470. The first kappa shape index (κ1) is 42.2. The maximum atomic E-state index is 14.5. The molecule has 2 amide bonds. The molecule has 310 valence electrons. The average Bonchev–Trinajstić information content (AvgIpc) is 3.55. The average molecular weight is 765 g/mol. The maximum absolute atomic E-state index is 14.5. The second kappa shape index (κ2) is 16.1. The zero-order valence-electron chi connectivity index (χ0n) is 36.0. The minimum absolute atomic E-state index is 0.00640. The summed E-state index contributed by atoms with van der Waals surface area (Å²) < 4.78 is 10.9. The summed E-state index contributed by atoms with van der Waals surface area (Å²) in [6.45, 7) is 22.9. The summed E-state index contributed by atoms with van der Waals surface area (Å²) in [4.78, 5) is 53.2. The molecule has 6 fully saturated rings. The number of unbranched alkanes of at least 4 members (excludes halogenated alkanes) is 4. The first-order valence-corrected chi connectivity index (χ1v) is 22.4. The number of nitrogens with zero attached hydrogens (tertiary/aromatic N) is 1. The van der Waals surface area contributed by atoms with Crippen LogP contribution in [0.15, 0.2) is 12.2 Å². The number of carbonyl (C=O) groups excluding carboxylic acids is 4. The number of ether oxygens (including phenoxy) is 2. The Labute approximate surface area is 333 Å². The number of fused-ring (bicyclic) bond motifs is 7.